The van der Waals surface area contributed by atoms with Crippen molar-refractivity contribution in [2.24, 2.45) is 0 Å². The summed E-state index contributed by atoms with van der Waals surface area (Å²) in [4.78, 5) is 0. The van der Waals surface area contributed by atoms with Crippen LogP contribution in [0, 0.1) is 5.82 Å². The van der Waals surface area contributed by atoms with Gasteiger partial charge in [0.25, 0.3) is 0 Å². The van der Waals surface area contributed by atoms with E-state index >= 15 is 0 Å². The maximum atomic E-state index is 13.6. The van der Waals surface area contributed by atoms with Crippen LogP contribution in [-0.4, -0.2) is 23.4 Å². The van der Waals surface area contributed by atoms with Crippen LogP contribution in [0.1, 0.15) is 25.3 Å². The minimum absolute atomic E-state index is 0.280. The number of aliphatic hydroxyl groups is 1. The summed E-state index contributed by atoms with van der Waals surface area (Å²) in [5, 5.41) is 10.2. The highest BCUT2D eigenvalue weighted by Gasteiger charge is 2.37. The fourth-order valence-corrected chi connectivity index (χ4v) is 2.60. The molecule has 17 heavy (non-hydrogen) atoms. The molecule has 2 rings (SSSR count). The van der Waals surface area contributed by atoms with Gasteiger partial charge in [0, 0.05) is 17.5 Å². The second-order valence-electron chi connectivity index (χ2n) is 4.72. The number of benzene rings is 1. The largest absolute Gasteiger partial charge is 0.390 e. The Kier molecular flexibility index (Phi) is 3.85. The van der Waals surface area contributed by atoms with Crippen molar-refractivity contribution in [3.63, 3.8) is 0 Å². The Labute approximate surface area is 109 Å². The third kappa shape index (κ3) is 2.87. The van der Waals surface area contributed by atoms with Crippen molar-refractivity contribution in [3.05, 3.63) is 34.1 Å². The predicted octanol–water partition coefficient (Wildman–Crippen LogP) is 3.06. The Morgan fingerprint density at radius 1 is 1.59 bits per heavy atom. The molecule has 0 amide bonds. The SMILES string of the molecule is CC1(C(O)Cc2cc(Br)ccc2F)CCCO1. The van der Waals surface area contributed by atoms with E-state index in [1.165, 1.54) is 6.07 Å². The van der Waals surface area contributed by atoms with Crippen molar-refractivity contribution in [1.29, 1.82) is 0 Å². The lowest BCUT2D eigenvalue weighted by atomic mass is 9.91. The van der Waals surface area contributed by atoms with Crippen LogP contribution >= 0.6 is 15.9 Å². The smallest absolute Gasteiger partial charge is 0.126 e. The molecule has 2 atom stereocenters. The zero-order valence-corrected chi connectivity index (χ0v) is 11.3. The molecule has 0 aromatic heterocycles. The molecule has 2 unspecified atom stereocenters. The topological polar surface area (TPSA) is 29.5 Å². The summed E-state index contributed by atoms with van der Waals surface area (Å²) in [7, 11) is 0. The minimum atomic E-state index is -0.672. The number of aliphatic hydroxyl groups excluding tert-OH is 1. The van der Waals surface area contributed by atoms with Crippen molar-refractivity contribution in [1.82, 2.24) is 0 Å². The van der Waals surface area contributed by atoms with E-state index < -0.39 is 11.7 Å². The van der Waals surface area contributed by atoms with Gasteiger partial charge in [0.1, 0.15) is 5.82 Å². The molecule has 1 saturated heterocycles. The van der Waals surface area contributed by atoms with Crippen molar-refractivity contribution < 1.29 is 14.2 Å². The van der Waals surface area contributed by atoms with Crippen molar-refractivity contribution in [2.45, 2.75) is 37.9 Å². The number of rotatable bonds is 3. The van der Waals surface area contributed by atoms with Gasteiger partial charge in [0.15, 0.2) is 0 Å². The molecule has 2 nitrogen and oxygen atoms in total. The summed E-state index contributed by atoms with van der Waals surface area (Å²) >= 11 is 3.30. The molecular formula is C13H16BrFO2. The van der Waals surface area contributed by atoms with Crippen LogP contribution in [0.15, 0.2) is 22.7 Å². The average molecular weight is 303 g/mol. The van der Waals surface area contributed by atoms with E-state index in [0.717, 1.165) is 17.3 Å². The third-order valence-electron chi connectivity index (χ3n) is 3.38. The highest BCUT2D eigenvalue weighted by Crippen LogP contribution is 2.31. The molecular weight excluding hydrogens is 287 g/mol. The molecule has 1 aromatic carbocycles. The van der Waals surface area contributed by atoms with Crippen LogP contribution in [0.3, 0.4) is 0 Å². The Bertz CT molecular complexity index is 402. The van der Waals surface area contributed by atoms with Gasteiger partial charge < -0.3 is 9.84 Å². The quantitative estimate of drug-likeness (QED) is 0.930. The summed E-state index contributed by atoms with van der Waals surface area (Å²) in [6, 6.07) is 4.76. The molecule has 1 aromatic rings. The van der Waals surface area contributed by atoms with E-state index in [4.69, 9.17) is 4.74 Å². The normalized spacial score (nSPS) is 26.1. The van der Waals surface area contributed by atoms with Crippen LogP contribution in [0.2, 0.25) is 0 Å². The highest BCUT2D eigenvalue weighted by atomic mass is 79.9. The summed E-state index contributed by atoms with van der Waals surface area (Å²) in [6.07, 6.45) is 1.38. The van der Waals surface area contributed by atoms with Crippen LogP contribution < -0.4 is 0 Å². The number of hydrogen-bond acceptors (Lipinski definition) is 2. The van der Waals surface area contributed by atoms with Crippen LogP contribution in [0.5, 0.6) is 0 Å². The molecule has 4 heteroatoms. The maximum absolute atomic E-state index is 13.6. The molecule has 0 aliphatic carbocycles. The van der Waals surface area contributed by atoms with Gasteiger partial charge in [-0.25, -0.2) is 4.39 Å². The van der Waals surface area contributed by atoms with E-state index in [2.05, 4.69) is 15.9 Å². The molecule has 0 saturated carbocycles. The predicted molar refractivity (Wildman–Crippen MR) is 67.4 cm³/mol. The van der Waals surface area contributed by atoms with Gasteiger partial charge in [-0.3, -0.25) is 0 Å². The maximum Gasteiger partial charge on any atom is 0.126 e. The zero-order chi connectivity index (χ0) is 12.5. The molecule has 1 aliphatic heterocycles. The molecule has 1 aliphatic rings. The molecule has 94 valence electrons. The second kappa shape index (κ2) is 5.04. The first-order valence-corrected chi connectivity index (χ1v) is 6.56. The number of halogens is 2. The number of ether oxygens (including phenoxy) is 1. The van der Waals surface area contributed by atoms with Crippen LogP contribution in [-0.2, 0) is 11.2 Å². The summed E-state index contributed by atoms with van der Waals surface area (Å²) in [6.45, 7) is 2.56. The third-order valence-corrected chi connectivity index (χ3v) is 3.87. The standard InChI is InChI=1S/C13H16BrFO2/c1-13(5-2-6-17-13)12(16)8-9-7-10(14)3-4-11(9)15/h3-4,7,12,16H,2,5-6,8H2,1H3. The second-order valence-corrected chi connectivity index (χ2v) is 5.64. The fourth-order valence-electron chi connectivity index (χ4n) is 2.19. The van der Waals surface area contributed by atoms with Crippen molar-refractivity contribution in [2.75, 3.05) is 6.61 Å². The van der Waals surface area contributed by atoms with Crippen LogP contribution in [0.25, 0.3) is 0 Å². The Balaban J connectivity index is 2.12. The van der Waals surface area contributed by atoms with E-state index in [9.17, 15) is 9.50 Å². The lowest BCUT2D eigenvalue weighted by molar-refractivity contribution is -0.0770. The lowest BCUT2D eigenvalue weighted by Crippen LogP contribution is -2.40. The first-order valence-electron chi connectivity index (χ1n) is 5.77. The van der Waals surface area contributed by atoms with Crippen molar-refractivity contribution in [3.8, 4) is 0 Å². The molecule has 1 heterocycles. The Hall–Kier alpha value is -0.450. The first-order chi connectivity index (χ1) is 8.01. The number of hydrogen-bond donors (Lipinski definition) is 1. The van der Waals surface area contributed by atoms with Crippen LogP contribution in [0.4, 0.5) is 4.39 Å². The van der Waals surface area contributed by atoms with Gasteiger partial charge in [-0.05, 0) is 43.5 Å². The zero-order valence-electron chi connectivity index (χ0n) is 9.75. The molecule has 0 bridgehead atoms. The fraction of sp³-hybridized carbons (Fsp3) is 0.538. The molecule has 0 radical (unpaired) electrons. The van der Waals surface area contributed by atoms with Gasteiger partial charge in [-0.1, -0.05) is 15.9 Å². The van der Waals surface area contributed by atoms with Gasteiger partial charge in [0.2, 0.25) is 0 Å². The summed E-state index contributed by atoms with van der Waals surface area (Å²) in [5.74, 6) is -0.283. The molecule has 1 N–H and O–H groups in total. The van der Waals surface area contributed by atoms with E-state index in [1.54, 1.807) is 12.1 Å². The van der Waals surface area contributed by atoms with Gasteiger partial charge >= 0.3 is 0 Å². The van der Waals surface area contributed by atoms with Crippen molar-refractivity contribution >= 4 is 15.9 Å². The van der Waals surface area contributed by atoms with Gasteiger partial charge in [0.05, 0.1) is 11.7 Å². The monoisotopic (exact) mass is 302 g/mol. The highest BCUT2D eigenvalue weighted by molar-refractivity contribution is 9.10. The Morgan fingerprint density at radius 3 is 3.00 bits per heavy atom. The summed E-state index contributed by atoms with van der Waals surface area (Å²) in [5.41, 5.74) is -0.0158. The average Bonchev–Trinajstić information content (AvgIpc) is 2.72. The van der Waals surface area contributed by atoms with Gasteiger partial charge in [-0.15, -0.1) is 0 Å². The molecule has 1 fully saturated rings. The Morgan fingerprint density at radius 2 is 2.35 bits per heavy atom. The van der Waals surface area contributed by atoms with E-state index in [1.807, 2.05) is 6.92 Å². The minimum Gasteiger partial charge on any atom is -0.390 e. The van der Waals surface area contributed by atoms with Gasteiger partial charge in [-0.2, -0.15) is 0 Å². The first kappa shape index (κ1) is 13.0. The molecule has 0 spiro atoms. The summed E-state index contributed by atoms with van der Waals surface area (Å²) < 4.78 is 19.9. The van der Waals surface area contributed by atoms with E-state index in [-0.39, 0.29) is 12.2 Å². The van der Waals surface area contributed by atoms with E-state index in [0.29, 0.717) is 12.2 Å². The lowest BCUT2D eigenvalue weighted by Gasteiger charge is -2.29.